The molecule has 1 fully saturated rings. The third-order valence-corrected chi connectivity index (χ3v) is 9.47. The van der Waals surface area contributed by atoms with Crippen LogP contribution in [0.1, 0.15) is 43.7 Å². The molecule has 0 radical (unpaired) electrons. The van der Waals surface area contributed by atoms with Gasteiger partial charge in [-0.3, -0.25) is 9.59 Å². The molecular weight excluding hydrogens is 581 g/mol. The van der Waals surface area contributed by atoms with Crippen LogP contribution < -0.4 is 4.90 Å². The Morgan fingerprint density at radius 1 is 0.951 bits per heavy atom. The van der Waals surface area contributed by atoms with Gasteiger partial charge in [-0.2, -0.15) is 22.7 Å². The van der Waals surface area contributed by atoms with Gasteiger partial charge in [0.15, 0.2) is 0 Å². The normalized spacial score (nSPS) is 17.4. The third kappa shape index (κ3) is 6.64. The number of imide groups is 1. The van der Waals surface area contributed by atoms with Crippen molar-refractivity contribution >= 4 is 39.1 Å². The number of alkyl halides is 3. The van der Waals surface area contributed by atoms with E-state index in [1.54, 1.807) is 12.1 Å². The largest absolute Gasteiger partial charge is 0.417 e. The number of rotatable bonds is 9. The third-order valence-electron chi connectivity index (χ3n) is 7.31. The van der Waals surface area contributed by atoms with E-state index < -0.39 is 39.1 Å². The Hall–Kier alpha value is -3.24. The number of nitriles is 1. The average molecular weight is 609 g/mol. The summed E-state index contributed by atoms with van der Waals surface area (Å²) in [6, 6.07) is 10.3. The van der Waals surface area contributed by atoms with Crippen LogP contribution in [-0.2, 0) is 25.8 Å². The number of unbranched alkanes of at least 4 members (excludes halogenated alkanes) is 2. The van der Waals surface area contributed by atoms with Gasteiger partial charge in [-0.05, 0) is 75.2 Å². The molecule has 8 nitrogen and oxygen atoms in total. The summed E-state index contributed by atoms with van der Waals surface area (Å²) in [6.45, 7) is 4.15. The highest BCUT2D eigenvalue weighted by Crippen LogP contribution is 2.37. The summed E-state index contributed by atoms with van der Waals surface area (Å²) in [7, 11) is -3.58. The van der Waals surface area contributed by atoms with E-state index in [2.05, 4.69) is 4.90 Å². The number of anilines is 1. The highest BCUT2D eigenvalue weighted by Gasteiger charge is 2.39. The first kappa shape index (κ1) is 30.7. The number of hydrogen-bond donors (Lipinski definition) is 0. The lowest BCUT2D eigenvalue weighted by molar-refractivity contribution is -0.138. The molecular formula is C28H28ClF3N4O4S. The Balaban J connectivity index is 1.26. The molecule has 41 heavy (non-hydrogen) atoms. The molecule has 2 aliphatic heterocycles. The Kier molecular flexibility index (Phi) is 9.23. The fourth-order valence-corrected chi connectivity index (χ4v) is 6.53. The van der Waals surface area contributed by atoms with Crippen LogP contribution in [0.3, 0.4) is 0 Å². The van der Waals surface area contributed by atoms with Crippen molar-refractivity contribution in [2.75, 3.05) is 37.6 Å². The molecule has 0 aromatic heterocycles. The van der Waals surface area contributed by atoms with Gasteiger partial charge < -0.3 is 4.90 Å². The molecule has 2 amide bonds. The SMILES string of the molecule is CC1=C(CCCCCN2CCN(S(=O)(=O)c3ccc(Cl)cc3)CC2)C(=O)N(c2ccc(C#N)c(C(F)(F)F)c2)C1=O. The number of sulfonamides is 1. The summed E-state index contributed by atoms with van der Waals surface area (Å²) in [5.74, 6) is -1.32. The molecule has 1 saturated heterocycles. The van der Waals surface area contributed by atoms with Crippen LogP contribution in [0.15, 0.2) is 58.5 Å². The first-order chi connectivity index (χ1) is 19.3. The molecule has 0 unspecified atom stereocenters. The van der Waals surface area contributed by atoms with Crippen LogP contribution >= 0.6 is 11.6 Å². The lowest BCUT2D eigenvalue weighted by atomic mass is 10.0. The zero-order chi connectivity index (χ0) is 29.9. The molecule has 218 valence electrons. The van der Waals surface area contributed by atoms with E-state index in [0.717, 1.165) is 30.4 Å². The molecule has 4 rings (SSSR count). The number of piperazine rings is 1. The minimum absolute atomic E-state index is 0.200. The number of hydrogen-bond acceptors (Lipinski definition) is 6. The number of halogens is 4. The topological polar surface area (TPSA) is 102 Å². The number of carbonyl (C=O) groups excluding carboxylic acids is 2. The molecule has 0 N–H and O–H groups in total. The Labute approximate surface area is 241 Å². The zero-order valence-corrected chi connectivity index (χ0v) is 23.8. The summed E-state index contributed by atoms with van der Waals surface area (Å²) in [5.41, 5.74) is -1.54. The molecule has 0 bridgehead atoms. The molecule has 2 aromatic rings. The summed E-state index contributed by atoms with van der Waals surface area (Å²) in [4.78, 5) is 28.9. The van der Waals surface area contributed by atoms with Crippen LogP contribution in [0.4, 0.5) is 18.9 Å². The van der Waals surface area contributed by atoms with Gasteiger partial charge in [0.05, 0.1) is 27.8 Å². The van der Waals surface area contributed by atoms with E-state index in [0.29, 0.717) is 50.1 Å². The van der Waals surface area contributed by atoms with Crippen molar-refractivity contribution in [1.82, 2.24) is 9.21 Å². The second-order valence-electron chi connectivity index (χ2n) is 9.90. The highest BCUT2D eigenvalue weighted by atomic mass is 35.5. The maximum Gasteiger partial charge on any atom is 0.417 e. The quantitative estimate of drug-likeness (QED) is 0.294. The molecule has 0 spiro atoms. The summed E-state index contributed by atoms with van der Waals surface area (Å²) < 4.78 is 67.3. The van der Waals surface area contributed by atoms with Gasteiger partial charge in [0.25, 0.3) is 11.8 Å². The molecule has 13 heteroatoms. The molecule has 0 saturated carbocycles. The maximum absolute atomic E-state index is 13.4. The van der Waals surface area contributed by atoms with Crippen LogP contribution in [0.2, 0.25) is 5.02 Å². The van der Waals surface area contributed by atoms with E-state index in [4.69, 9.17) is 16.9 Å². The van der Waals surface area contributed by atoms with E-state index in [9.17, 15) is 31.2 Å². The Morgan fingerprint density at radius 3 is 2.22 bits per heavy atom. The highest BCUT2D eigenvalue weighted by molar-refractivity contribution is 7.89. The number of benzene rings is 2. The minimum atomic E-state index is -4.81. The van der Waals surface area contributed by atoms with Gasteiger partial charge in [0.1, 0.15) is 0 Å². The van der Waals surface area contributed by atoms with E-state index in [1.165, 1.54) is 35.5 Å². The van der Waals surface area contributed by atoms with Gasteiger partial charge in [-0.25, -0.2) is 13.3 Å². The number of nitrogens with zero attached hydrogens (tertiary/aromatic N) is 4. The minimum Gasteiger partial charge on any atom is -0.301 e. The van der Waals surface area contributed by atoms with Gasteiger partial charge in [-0.15, -0.1) is 0 Å². The van der Waals surface area contributed by atoms with Crippen LogP contribution in [0.25, 0.3) is 0 Å². The van der Waals surface area contributed by atoms with Crippen molar-refractivity contribution in [2.45, 2.75) is 43.7 Å². The first-order valence-corrected chi connectivity index (χ1v) is 14.8. The average Bonchev–Trinajstić information content (AvgIpc) is 3.15. The maximum atomic E-state index is 13.4. The zero-order valence-electron chi connectivity index (χ0n) is 22.2. The predicted octanol–water partition coefficient (Wildman–Crippen LogP) is 4.99. The fraction of sp³-hybridized carbons (Fsp3) is 0.393. The van der Waals surface area contributed by atoms with Crippen molar-refractivity contribution in [1.29, 1.82) is 5.26 Å². The standard InChI is InChI=1S/C28H28ClF3N4O4S/c1-19-24(27(38)36(26(19)37)22-9-6-20(18-33)25(17-22)28(30,31)32)5-3-2-4-12-34-13-15-35(16-14-34)41(39,40)23-10-7-21(29)8-11-23/h6-11,17H,2-5,12-16H2,1H3. The second kappa shape index (κ2) is 12.3. The predicted molar refractivity (Wildman–Crippen MR) is 146 cm³/mol. The summed E-state index contributed by atoms with van der Waals surface area (Å²) in [5, 5.41) is 9.47. The van der Waals surface area contributed by atoms with Crippen molar-refractivity contribution in [2.24, 2.45) is 0 Å². The van der Waals surface area contributed by atoms with Crippen molar-refractivity contribution in [3.05, 3.63) is 69.8 Å². The van der Waals surface area contributed by atoms with Gasteiger partial charge in [-0.1, -0.05) is 18.0 Å². The summed E-state index contributed by atoms with van der Waals surface area (Å²) >= 11 is 5.86. The van der Waals surface area contributed by atoms with Crippen molar-refractivity contribution < 1.29 is 31.2 Å². The Morgan fingerprint density at radius 2 is 1.61 bits per heavy atom. The molecule has 2 aromatic carbocycles. The van der Waals surface area contributed by atoms with E-state index >= 15 is 0 Å². The lowest BCUT2D eigenvalue weighted by Gasteiger charge is -2.34. The molecule has 0 atom stereocenters. The second-order valence-corrected chi connectivity index (χ2v) is 12.3. The smallest absolute Gasteiger partial charge is 0.301 e. The van der Waals surface area contributed by atoms with Gasteiger partial charge in [0.2, 0.25) is 10.0 Å². The lowest BCUT2D eigenvalue weighted by Crippen LogP contribution is -2.48. The monoisotopic (exact) mass is 608 g/mol. The molecule has 0 aliphatic carbocycles. The fourth-order valence-electron chi connectivity index (χ4n) is 4.98. The van der Waals surface area contributed by atoms with Crippen LogP contribution in [0.5, 0.6) is 0 Å². The number of amides is 2. The van der Waals surface area contributed by atoms with E-state index in [-0.39, 0.29) is 21.7 Å². The van der Waals surface area contributed by atoms with E-state index in [1.807, 2.05) is 0 Å². The summed E-state index contributed by atoms with van der Waals surface area (Å²) in [6.07, 6.45) is -2.35. The Bertz CT molecular complexity index is 1510. The number of carbonyl (C=O) groups is 2. The first-order valence-electron chi connectivity index (χ1n) is 13.0. The van der Waals surface area contributed by atoms with Gasteiger partial charge >= 0.3 is 6.18 Å². The molecule has 2 aliphatic rings. The van der Waals surface area contributed by atoms with Crippen molar-refractivity contribution in [3.63, 3.8) is 0 Å². The van der Waals surface area contributed by atoms with Crippen LogP contribution in [-0.4, -0.2) is 62.2 Å². The van der Waals surface area contributed by atoms with Crippen molar-refractivity contribution in [3.8, 4) is 6.07 Å². The van der Waals surface area contributed by atoms with Crippen LogP contribution in [0, 0.1) is 11.3 Å². The molecule has 2 heterocycles. The van der Waals surface area contributed by atoms with Gasteiger partial charge in [0, 0.05) is 42.3 Å².